The second kappa shape index (κ2) is 9.32. The van der Waals surface area contributed by atoms with E-state index in [4.69, 9.17) is 9.47 Å². The van der Waals surface area contributed by atoms with Crippen molar-refractivity contribution in [2.75, 3.05) is 13.2 Å². The Labute approximate surface area is 172 Å². The maximum atomic E-state index is 12.3. The fraction of sp³-hybridized carbons (Fsp3) is 0.333. The number of nitrogens with one attached hydrogen (secondary N) is 1. The van der Waals surface area contributed by atoms with Crippen LogP contribution in [0.25, 0.3) is 11.1 Å². The highest BCUT2D eigenvalue weighted by Crippen LogP contribution is 2.23. The monoisotopic (exact) mass is 479 g/mol. The molecular weight excluding hydrogens is 457 g/mol. The molecule has 1 aliphatic heterocycles. The van der Waals surface area contributed by atoms with Crippen LogP contribution in [0.5, 0.6) is 5.75 Å². The normalized spacial score (nSPS) is 15.8. The Morgan fingerprint density at radius 3 is 2.19 bits per heavy atom. The molecule has 0 spiro atoms. The number of esters is 1. The van der Waals surface area contributed by atoms with Gasteiger partial charge in [0.15, 0.2) is 0 Å². The average Bonchev–Trinajstić information content (AvgIpc) is 2.70. The number of amides is 1. The number of benzene rings is 2. The molecule has 0 saturated carbocycles. The third-order valence-electron chi connectivity index (χ3n) is 4.55. The van der Waals surface area contributed by atoms with Crippen molar-refractivity contribution in [3.63, 3.8) is 0 Å². The molecule has 1 saturated heterocycles. The molecule has 5 nitrogen and oxygen atoms in total. The second-order valence-corrected chi connectivity index (χ2v) is 7.81. The van der Waals surface area contributed by atoms with Gasteiger partial charge in [-0.15, -0.1) is 0 Å². The number of hydrogen-bond acceptors (Lipinski definition) is 4. The highest BCUT2D eigenvalue weighted by Gasteiger charge is 2.25. The predicted octanol–water partition coefficient (Wildman–Crippen LogP) is 3.79. The van der Waals surface area contributed by atoms with E-state index in [9.17, 15) is 9.59 Å². The first-order valence-electron chi connectivity index (χ1n) is 8.99. The van der Waals surface area contributed by atoms with Crippen LogP contribution >= 0.6 is 22.6 Å². The molecule has 1 unspecified atom stereocenters. The van der Waals surface area contributed by atoms with E-state index >= 15 is 0 Å². The van der Waals surface area contributed by atoms with Gasteiger partial charge in [0.1, 0.15) is 11.8 Å². The molecule has 0 bridgehead atoms. The van der Waals surface area contributed by atoms with Gasteiger partial charge >= 0.3 is 5.97 Å². The Balaban J connectivity index is 1.55. The highest BCUT2D eigenvalue weighted by atomic mass is 127. The van der Waals surface area contributed by atoms with Crippen molar-refractivity contribution < 1.29 is 19.1 Å². The smallest absolute Gasteiger partial charge is 0.333 e. The molecule has 1 heterocycles. The number of ether oxygens (including phenoxy) is 2. The zero-order valence-electron chi connectivity index (χ0n) is 15.1. The topological polar surface area (TPSA) is 64.6 Å². The van der Waals surface area contributed by atoms with E-state index in [-0.39, 0.29) is 11.8 Å². The molecule has 1 atom stereocenters. The van der Waals surface area contributed by atoms with Crippen molar-refractivity contribution in [1.29, 1.82) is 0 Å². The van der Waals surface area contributed by atoms with E-state index in [1.165, 1.54) is 3.57 Å². The highest BCUT2D eigenvalue weighted by molar-refractivity contribution is 14.1. The van der Waals surface area contributed by atoms with E-state index in [1.54, 1.807) is 19.1 Å². The minimum absolute atomic E-state index is 0.0952. The van der Waals surface area contributed by atoms with Crippen LogP contribution in [0.3, 0.4) is 0 Å². The summed E-state index contributed by atoms with van der Waals surface area (Å²) in [6.45, 7) is 2.81. The van der Waals surface area contributed by atoms with Gasteiger partial charge in [-0.1, -0.05) is 24.3 Å². The van der Waals surface area contributed by atoms with Gasteiger partial charge in [0, 0.05) is 22.7 Å². The van der Waals surface area contributed by atoms with Crippen LogP contribution in [0.15, 0.2) is 48.5 Å². The van der Waals surface area contributed by atoms with E-state index in [2.05, 4.69) is 40.0 Å². The Bertz CT molecular complexity index is 783. The van der Waals surface area contributed by atoms with Crippen molar-refractivity contribution in [2.24, 2.45) is 5.92 Å². The maximum Gasteiger partial charge on any atom is 0.333 e. The lowest BCUT2D eigenvalue weighted by Crippen LogP contribution is -2.44. The molecule has 0 aliphatic carbocycles. The first-order valence-corrected chi connectivity index (χ1v) is 10.1. The molecule has 1 N–H and O–H groups in total. The summed E-state index contributed by atoms with van der Waals surface area (Å²) in [5.41, 5.74) is 2.15. The lowest BCUT2D eigenvalue weighted by molar-refractivity contribution is -0.140. The zero-order chi connectivity index (χ0) is 19.2. The van der Waals surface area contributed by atoms with Crippen LogP contribution in [0.4, 0.5) is 0 Å². The quantitative estimate of drug-likeness (QED) is 0.403. The van der Waals surface area contributed by atoms with Gasteiger partial charge < -0.3 is 14.8 Å². The standard InChI is InChI=1S/C21H22INO4/c1-14(23-20(24)17-10-12-26-13-11-17)21(25)27-19-8-4-16(5-9-19)15-2-6-18(22)7-3-15/h2-9,14,17H,10-13H2,1H3,(H,23,24). The Morgan fingerprint density at radius 1 is 1.04 bits per heavy atom. The molecule has 142 valence electrons. The number of hydrogen-bond donors (Lipinski definition) is 1. The molecule has 27 heavy (non-hydrogen) atoms. The average molecular weight is 479 g/mol. The Hall–Kier alpha value is -1.93. The summed E-state index contributed by atoms with van der Waals surface area (Å²) in [4.78, 5) is 24.5. The van der Waals surface area contributed by atoms with Crippen LogP contribution in [-0.2, 0) is 14.3 Å². The van der Waals surface area contributed by atoms with Gasteiger partial charge in [-0.3, -0.25) is 4.79 Å². The number of carbonyl (C=O) groups is 2. The minimum Gasteiger partial charge on any atom is -0.425 e. The molecule has 0 radical (unpaired) electrons. The van der Waals surface area contributed by atoms with Crippen molar-refractivity contribution in [3.05, 3.63) is 52.1 Å². The van der Waals surface area contributed by atoms with Crippen LogP contribution in [0, 0.1) is 9.49 Å². The van der Waals surface area contributed by atoms with Crippen LogP contribution in [0.1, 0.15) is 19.8 Å². The van der Waals surface area contributed by atoms with Crippen molar-refractivity contribution >= 4 is 34.5 Å². The van der Waals surface area contributed by atoms with Gasteiger partial charge in [0.05, 0.1) is 0 Å². The first-order chi connectivity index (χ1) is 13.0. The fourth-order valence-corrected chi connectivity index (χ4v) is 3.27. The summed E-state index contributed by atoms with van der Waals surface area (Å²) >= 11 is 2.27. The van der Waals surface area contributed by atoms with Crippen LogP contribution in [-0.4, -0.2) is 31.1 Å². The Kier molecular flexibility index (Phi) is 6.84. The summed E-state index contributed by atoms with van der Waals surface area (Å²) in [5, 5.41) is 2.74. The number of halogens is 1. The van der Waals surface area contributed by atoms with Gasteiger partial charge in [0.2, 0.25) is 5.91 Å². The molecule has 1 amide bonds. The van der Waals surface area contributed by atoms with Gasteiger partial charge in [-0.25, -0.2) is 4.79 Å². The Morgan fingerprint density at radius 2 is 1.59 bits per heavy atom. The zero-order valence-corrected chi connectivity index (χ0v) is 17.3. The summed E-state index contributed by atoms with van der Waals surface area (Å²) < 4.78 is 11.8. The summed E-state index contributed by atoms with van der Waals surface area (Å²) in [6, 6.07) is 14.9. The molecule has 3 rings (SSSR count). The molecule has 0 aromatic heterocycles. The molecule has 6 heteroatoms. The third-order valence-corrected chi connectivity index (χ3v) is 5.27. The predicted molar refractivity (Wildman–Crippen MR) is 111 cm³/mol. The van der Waals surface area contributed by atoms with Crippen LogP contribution in [0.2, 0.25) is 0 Å². The van der Waals surface area contributed by atoms with E-state index < -0.39 is 12.0 Å². The summed E-state index contributed by atoms with van der Waals surface area (Å²) in [7, 11) is 0. The van der Waals surface area contributed by atoms with Crippen molar-refractivity contribution in [1.82, 2.24) is 5.32 Å². The number of rotatable bonds is 5. The van der Waals surface area contributed by atoms with Crippen molar-refractivity contribution in [3.8, 4) is 16.9 Å². The van der Waals surface area contributed by atoms with Gasteiger partial charge in [-0.05, 0) is 77.7 Å². The summed E-state index contributed by atoms with van der Waals surface area (Å²) in [5.74, 6) is -0.224. The molecule has 2 aromatic carbocycles. The summed E-state index contributed by atoms with van der Waals surface area (Å²) in [6.07, 6.45) is 1.38. The van der Waals surface area contributed by atoms with E-state index in [1.807, 2.05) is 24.3 Å². The fourth-order valence-electron chi connectivity index (χ4n) is 2.91. The lowest BCUT2D eigenvalue weighted by atomic mass is 9.99. The van der Waals surface area contributed by atoms with Crippen LogP contribution < -0.4 is 10.1 Å². The van der Waals surface area contributed by atoms with Gasteiger partial charge in [0.25, 0.3) is 0 Å². The van der Waals surface area contributed by atoms with E-state index in [0.717, 1.165) is 11.1 Å². The largest absolute Gasteiger partial charge is 0.425 e. The molecular formula is C21H22INO4. The van der Waals surface area contributed by atoms with Gasteiger partial charge in [-0.2, -0.15) is 0 Å². The molecule has 1 fully saturated rings. The SMILES string of the molecule is CC(NC(=O)C1CCOCC1)C(=O)Oc1ccc(-c2ccc(I)cc2)cc1. The molecule has 2 aromatic rings. The van der Waals surface area contributed by atoms with Crippen molar-refractivity contribution in [2.45, 2.75) is 25.8 Å². The lowest BCUT2D eigenvalue weighted by Gasteiger charge is -2.22. The number of carbonyl (C=O) groups excluding carboxylic acids is 2. The maximum absolute atomic E-state index is 12.3. The third kappa shape index (κ3) is 5.52. The van der Waals surface area contributed by atoms with E-state index in [0.29, 0.717) is 31.8 Å². The minimum atomic E-state index is -0.698. The molecule has 1 aliphatic rings. The second-order valence-electron chi connectivity index (χ2n) is 6.57. The first kappa shape index (κ1) is 19.8.